The van der Waals surface area contributed by atoms with Crippen LogP contribution >= 0.6 is 0 Å². The second-order valence-corrected chi connectivity index (χ2v) is 3.95. The fourth-order valence-electron chi connectivity index (χ4n) is 1.39. The van der Waals surface area contributed by atoms with Gasteiger partial charge in [0.1, 0.15) is 12.4 Å². The van der Waals surface area contributed by atoms with Crippen molar-refractivity contribution >= 4 is 17.6 Å². The molecule has 17 heavy (non-hydrogen) atoms. The minimum Gasteiger partial charge on any atom is -0.480 e. The van der Waals surface area contributed by atoms with Gasteiger partial charge < -0.3 is 10.0 Å². The molecule has 4 nitrogen and oxygen atoms in total. The zero-order valence-corrected chi connectivity index (χ0v) is 9.68. The molecule has 1 rings (SSSR count). The fourth-order valence-corrected chi connectivity index (χ4v) is 1.39. The van der Waals surface area contributed by atoms with E-state index in [0.29, 0.717) is 0 Å². The molecule has 92 valence electrons. The number of aliphatic carboxylic acids is 1. The van der Waals surface area contributed by atoms with Crippen LogP contribution in [-0.2, 0) is 9.59 Å². The topological polar surface area (TPSA) is 57.6 Å². The van der Waals surface area contributed by atoms with Crippen molar-refractivity contribution < 1.29 is 19.1 Å². The summed E-state index contributed by atoms with van der Waals surface area (Å²) in [5.74, 6) is -2.34. The Morgan fingerprint density at radius 2 is 2.06 bits per heavy atom. The maximum Gasteiger partial charge on any atom is 0.323 e. The van der Waals surface area contributed by atoms with Gasteiger partial charge in [-0.1, -0.05) is 19.9 Å². The predicted molar refractivity (Wildman–Crippen MR) is 61.2 cm³/mol. The van der Waals surface area contributed by atoms with E-state index >= 15 is 0 Å². The van der Waals surface area contributed by atoms with Crippen LogP contribution in [0.4, 0.5) is 10.1 Å². The lowest BCUT2D eigenvalue weighted by Crippen LogP contribution is -2.38. The van der Waals surface area contributed by atoms with Crippen LogP contribution in [0.25, 0.3) is 0 Å². The SMILES string of the molecule is CC(C)C(=O)N(CC(=O)O)c1cccc(F)c1. The first-order valence-corrected chi connectivity index (χ1v) is 5.20. The average Bonchev–Trinajstić information content (AvgIpc) is 2.24. The van der Waals surface area contributed by atoms with Crippen LogP contribution in [-0.4, -0.2) is 23.5 Å². The van der Waals surface area contributed by atoms with Crippen molar-refractivity contribution in [2.75, 3.05) is 11.4 Å². The summed E-state index contributed by atoms with van der Waals surface area (Å²) >= 11 is 0. The monoisotopic (exact) mass is 239 g/mol. The number of carboxylic acid groups (broad SMARTS) is 1. The van der Waals surface area contributed by atoms with Crippen LogP contribution in [0.5, 0.6) is 0 Å². The summed E-state index contributed by atoms with van der Waals surface area (Å²) in [5.41, 5.74) is 0.256. The number of carboxylic acids is 1. The molecule has 0 radical (unpaired) electrons. The second kappa shape index (κ2) is 5.43. The highest BCUT2D eigenvalue weighted by Crippen LogP contribution is 2.17. The summed E-state index contributed by atoms with van der Waals surface area (Å²) in [6.07, 6.45) is 0. The molecule has 0 atom stereocenters. The number of rotatable bonds is 4. The van der Waals surface area contributed by atoms with Gasteiger partial charge in [0, 0.05) is 11.6 Å². The first kappa shape index (κ1) is 13.2. The lowest BCUT2D eigenvalue weighted by molar-refractivity contribution is -0.137. The van der Waals surface area contributed by atoms with Crippen LogP contribution in [0, 0.1) is 11.7 Å². The van der Waals surface area contributed by atoms with Gasteiger partial charge in [-0.15, -0.1) is 0 Å². The third-order valence-electron chi connectivity index (χ3n) is 2.17. The van der Waals surface area contributed by atoms with Gasteiger partial charge in [0.25, 0.3) is 0 Å². The Hall–Kier alpha value is -1.91. The molecule has 1 aromatic carbocycles. The highest BCUT2D eigenvalue weighted by molar-refractivity contribution is 5.98. The van der Waals surface area contributed by atoms with Gasteiger partial charge in [0.05, 0.1) is 0 Å². The van der Waals surface area contributed by atoms with Crippen molar-refractivity contribution in [2.24, 2.45) is 5.92 Å². The Morgan fingerprint density at radius 3 is 2.53 bits per heavy atom. The number of carbonyl (C=O) groups is 2. The maximum absolute atomic E-state index is 13.0. The van der Waals surface area contributed by atoms with Crippen LogP contribution < -0.4 is 4.90 Å². The first-order chi connectivity index (χ1) is 7.91. The van der Waals surface area contributed by atoms with E-state index in [1.54, 1.807) is 13.8 Å². The number of anilines is 1. The van der Waals surface area contributed by atoms with Gasteiger partial charge >= 0.3 is 5.97 Å². The Balaban J connectivity index is 3.05. The molecular weight excluding hydrogens is 225 g/mol. The molecule has 0 aliphatic rings. The number of nitrogens with zero attached hydrogens (tertiary/aromatic N) is 1. The third-order valence-corrected chi connectivity index (χ3v) is 2.17. The molecule has 0 bridgehead atoms. The highest BCUT2D eigenvalue weighted by atomic mass is 19.1. The lowest BCUT2D eigenvalue weighted by atomic mass is 10.1. The minimum absolute atomic E-state index is 0.256. The Morgan fingerprint density at radius 1 is 1.41 bits per heavy atom. The van der Waals surface area contributed by atoms with Crippen molar-refractivity contribution in [2.45, 2.75) is 13.8 Å². The average molecular weight is 239 g/mol. The van der Waals surface area contributed by atoms with Gasteiger partial charge in [0.15, 0.2) is 0 Å². The number of halogens is 1. The quantitative estimate of drug-likeness (QED) is 0.873. The molecular formula is C12H14FNO3. The van der Waals surface area contributed by atoms with Crippen LogP contribution in [0.15, 0.2) is 24.3 Å². The fraction of sp³-hybridized carbons (Fsp3) is 0.333. The summed E-state index contributed by atoms with van der Waals surface area (Å²) in [6.45, 7) is 2.85. The van der Waals surface area contributed by atoms with Crippen LogP contribution in [0.1, 0.15) is 13.8 Å². The summed E-state index contributed by atoms with van der Waals surface area (Å²) < 4.78 is 13.0. The third kappa shape index (κ3) is 3.55. The zero-order valence-electron chi connectivity index (χ0n) is 9.68. The number of benzene rings is 1. The van der Waals surface area contributed by atoms with E-state index in [1.807, 2.05) is 0 Å². The lowest BCUT2D eigenvalue weighted by Gasteiger charge is -2.22. The van der Waals surface area contributed by atoms with E-state index < -0.39 is 18.3 Å². The van der Waals surface area contributed by atoms with Gasteiger partial charge in [-0.05, 0) is 18.2 Å². The largest absolute Gasteiger partial charge is 0.480 e. The molecule has 0 fully saturated rings. The van der Waals surface area contributed by atoms with Gasteiger partial charge in [0.2, 0.25) is 5.91 Å². The van der Waals surface area contributed by atoms with E-state index in [-0.39, 0.29) is 17.5 Å². The van der Waals surface area contributed by atoms with E-state index in [0.717, 1.165) is 11.0 Å². The highest BCUT2D eigenvalue weighted by Gasteiger charge is 2.21. The minimum atomic E-state index is -1.14. The van der Waals surface area contributed by atoms with Gasteiger partial charge in [-0.2, -0.15) is 0 Å². The van der Waals surface area contributed by atoms with Crippen LogP contribution in [0.3, 0.4) is 0 Å². The molecule has 0 aliphatic carbocycles. The Bertz CT molecular complexity index is 432. The standard InChI is InChI=1S/C12H14FNO3/c1-8(2)12(17)14(7-11(15)16)10-5-3-4-9(13)6-10/h3-6,8H,7H2,1-2H3,(H,15,16). The Labute approximate surface area is 98.7 Å². The number of hydrogen-bond donors (Lipinski definition) is 1. The number of carbonyl (C=O) groups excluding carboxylic acids is 1. The summed E-state index contributed by atoms with van der Waals surface area (Å²) in [4.78, 5) is 23.6. The smallest absolute Gasteiger partial charge is 0.323 e. The summed E-state index contributed by atoms with van der Waals surface area (Å²) in [6, 6.07) is 5.32. The molecule has 0 aliphatic heterocycles. The van der Waals surface area contributed by atoms with Crippen molar-refractivity contribution in [3.05, 3.63) is 30.1 Å². The second-order valence-electron chi connectivity index (χ2n) is 3.95. The molecule has 0 heterocycles. The van der Waals surface area contributed by atoms with E-state index in [9.17, 15) is 14.0 Å². The van der Waals surface area contributed by atoms with E-state index in [4.69, 9.17) is 5.11 Å². The summed E-state index contributed by atoms with van der Waals surface area (Å²) in [5, 5.41) is 8.76. The molecule has 1 N–H and O–H groups in total. The van der Waals surface area contributed by atoms with Gasteiger partial charge in [-0.3, -0.25) is 9.59 Å². The molecule has 0 saturated heterocycles. The normalized spacial score (nSPS) is 10.4. The van der Waals surface area contributed by atoms with Crippen molar-refractivity contribution in [1.29, 1.82) is 0 Å². The van der Waals surface area contributed by atoms with Gasteiger partial charge in [-0.25, -0.2) is 4.39 Å². The molecule has 0 unspecified atom stereocenters. The first-order valence-electron chi connectivity index (χ1n) is 5.20. The predicted octanol–water partition coefficient (Wildman–Crippen LogP) is 1.90. The van der Waals surface area contributed by atoms with Crippen molar-refractivity contribution in [1.82, 2.24) is 0 Å². The number of hydrogen-bond acceptors (Lipinski definition) is 2. The van der Waals surface area contributed by atoms with Crippen molar-refractivity contribution in [3.8, 4) is 0 Å². The Kier molecular flexibility index (Phi) is 4.20. The molecule has 1 amide bonds. The zero-order chi connectivity index (χ0) is 13.0. The molecule has 0 aromatic heterocycles. The molecule has 0 saturated carbocycles. The van der Waals surface area contributed by atoms with Crippen molar-refractivity contribution in [3.63, 3.8) is 0 Å². The van der Waals surface area contributed by atoms with Crippen LogP contribution in [0.2, 0.25) is 0 Å². The van der Waals surface area contributed by atoms with E-state index in [2.05, 4.69) is 0 Å². The maximum atomic E-state index is 13.0. The molecule has 0 spiro atoms. The molecule has 1 aromatic rings. The summed E-state index contributed by atoms with van der Waals surface area (Å²) in [7, 11) is 0. The number of amides is 1. The molecule has 5 heteroatoms. The van der Waals surface area contributed by atoms with E-state index in [1.165, 1.54) is 18.2 Å².